The molecule has 0 heterocycles. The van der Waals surface area contributed by atoms with Crippen molar-refractivity contribution in [3.63, 3.8) is 0 Å². The lowest BCUT2D eigenvalue weighted by atomic mass is 9.94. The Morgan fingerprint density at radius 2 is 1.57 bits per heavy atom. The average molecular weight is 253 g/mol. The van der Waals surface area contributed by atoms with Crippen LogP contribution >= 0.6 is 15.9 Å². The third kappa shape index (κ3) is 3.87. The van der Waals surface area contributed by atoms with Crippen LogP contribution in [0.5, 0.6) is 0 Å². The first-order valence-corrected chi connectivity index (χ1v) is 6.63. The highest BCUT2D eigenvalue weighted by Crippen LogP contribution is 2.14. The molecule has 0 atom stereocenters. The molecule has 0 bridgehead atoms. The summed E-state index contributed by atoms with van der Waals surface area (Å²) in [5.41, 5.74) is 3.09. The van der Waals surface area contributed by atoms with Gasteiger partial charge in [0, 0.05) is 5.33 Å². The van der Waals surface area contributed by atoms with E-state index in [2.05, 4.69) is 48.0 Å². The zero-order valence-electron chi connectivity index (χ0n) is 8.93. The molecule has 0 saturated heterocycles. The van der Waals surface area contributed by atoms with Gasteiger partial charge < -0.3 is 0 Å². The van der Waals surface area contributed by atoms with Gasteiger partial charge in [-0.2, -0.15) is 0 Å². The molecule has 0 aliphatic heterocycles. The van der Waals surface area contributed by atoms with Gasteiger partial charge in [0.05, 0.1) is 0 Å². The topological polar surface area (TPSA) is 0 Å². The predicted octanol–water partition coefficient (Wildman–Crippen LogP) is 3.00. The highest BCUT2D eigenvalue weighted by Gasteiger charge is 2.00. The van der Waals surface area contributed by atoms with Crippen LogP contribution in [0.3, 0.4) is 0 Å². The van der Waals surface area contributed by atoms with Gasteiger partial charge >= 0.3 is 0 Å². The molecule has 0 amide bonds. The monoisotopic (exact) mass is 252 g/mol. The number of hydrogen-bond donors (Lipinski definition) is 0. The van der Waals surface area contributed by atoms with E-state index in [0.29, 0.717) is 0 Å². The molecule has 0 spiro atoms. The quantitative estimate of drug-likeness (QED) is 0.540. The Balaban J connectivity index is 2.60. The van der Waals surface area contributed by atoms with Crippen molar-refractivity contribution in [1.29, 1.82) is 0 Å². The molecule has 0 aromatic heterocycles. The number of benzene rings is 1. The molecule has 2 heteroatoms. The van der Waals surface area contributed by atoms with Crippen LogP contribution in [0.2, 0.25) is 6.32 Å². The Hall–Kier alpha value is -0.235. The van der Waals surface area contributed by atoms with E-state index in [-0.39, 0.29) is 0 Å². The van der Waals surface area contributed by atoms with E-state index >= 15 is 0 Å². The van der Waals surface area contributed by atoms with Gasteiger partial charge in [0.15, 0.2) is 0 Å². The largest absolute Gasteiger partial charge is 0.101 e. The van der Waals surface area contributed by atoms with E-state index in [1.165, 1.54) is 32.0 Å². The summed E-state index contributed by atoms with van der Waals surface area (Å²) < 4.78 is 0. The normalized spacial score (nSPS) is 10.4. The fraction of sp³-hybridized carbons (Fsp3) is 0.500. The lowest BCUT2D eigenvalue weighted by Crippen LogP contribution is -1.95. The molecule has 0 fully saturated rings. The highest BCUT2D eigenvalue weighted by molar-refractivity contribution is 9.09. The fourth-order valence-electron chi connectivity index (χ4n) is 1.67. The maximum absolute atomic E-state index is 3.48. The van der Waals surface area contributed by atoms with Crippen LogP contribution in [0, 0.1) is 0 Å². The van der Waals surface area contributed by atoms with Crippen LogP contribution in [0.1, 0.15) is 24.0 Å². The van der Waals surface area contributed by atoms with E-state index in [4.69, 9.17) is 0 Å². The van der Waals surface area contributed by atoms with Gasteiger partial charge in [0.1, 0.15) is 7.85 Å². The smallest absolute Gasteiger partial charge is 0.0928 e. The second-order valence-corrected chi connectivity index (χ2v) is 4.46. The van der Waals surface area contributed by atoms with Gasteiger partial charge in [-0.15, -0.1) is 0 Å². The Labute approximate surface area is 96.6 Å². The summed E-state index contributed by atoms with van der Waals surface area (Å²) in [6, 6.07) is 8.86. The summed E-state index contributed by atoms with van der Waals surface area (Å²) in [5, 5.41) is 1.11. The summed E-state index contributed by atoms with van der Waals surface area (Å²) >= 11 is 3.48. The number of aryl methyl sites for hydroxylation is 2. The third-order valence-corrected chi connectivity index (χ3v) is 3.06. The Morgan fingerprint density at radius 1 is 1.00 bits per heavy atom. The van der Waals surface area contributed by atoms with E-state index in [1.807, 2.05) is 0 Å². The second-order valence-electron chi connectivity index (χ2n) is 3.66. The second kappa shape index (κ2) is 7.11. The Morgan fingerprint density at radius 3 is 2.07 bits per heavy atom. The molecular weight excluding hydrogens is 235 g/mol. The summed E-state index contributed by atoms with van der Waals surface area (Å²) in [5.74, 6) is 0. The van der Waals surface area contributed by atoms with E-state index in [1.54, 1.807) is 11.1 Å². The molecule has 1 rings (SSSR count). The van der Waals surface area contributed by atoms with Gasteiger partial charge in [0.25, 0.3) is 0 Å². The lowest BCUT2D eigenvalue weighted by Gasteiger charge is -2.07. The van der Waals surface area contributed by atoms with Crippen molar-refractivity contribution in [3.05, 3.63) is 35.4 Å². The number of hydrogen-bond acceptors (Lipinski definition) is 0. The molecule has 0 aliphatic rings. The van der Waals surface area contributed by atoms with Crippen LogP contribution in [-0.4, -0.2) is 13.2 Å². The number of alkyl halides is 1. The highest BCUT2D eigenvalue weighted by atomic mass is 79.9. The minimum absolute atomic E-state index is 1.11. The van der Waals surface area contributed by atoms with E-state index in [0.717, 1.165) is 5.33 Å². The first kappa shape index (κ1) is 11.8. The SMILES string of the molecule is BCCCc1ccccc1CCCBr. The molecule has 0 nitrogen and oxygen atoms in total. The van der Waals surface area contributed by atoms with Crippen LogP contribution in [-0.2, 0) is 12.8 Å². The molecule has 0 aliphatic carbocycles. The third-order valence-electron chi connectivity index (χ3n) is 2.50. The van der Waals surface area contributed by atoms with Gasteiger partial charge in [-0.25, -0.2) is 0 Å². The summed E-state index contributed by atoms with van der Waals surface area (Å²) in [7, 11) is 2.25. The van der Waals surface area contributed by atoms with Crippen LogP contribution in [0.25, 0.3) is 0 Å². The lowest BCUT2D eigenvalue weighted by molar-refractivity contribution is 0.867. The van der Waals surface area contributed by atoms with Crippen molar-refractivity contribution in [1.82, 2.24) is 0 Å². The maximum atomic E-state index is 3.48. The predicted molar refractivity (Wildman–Crippen MR) is 70.2 cm³/mol. The zero-order valence-corrected chi connectivity index (χ0v) is 10.5. The number of halogens is 1. The maximum Gasteiger partial charge on any atom is 0.101 e. The van der Waals surface area contributed by atoms with Gasteiger partial charge in [-0.05, 0) is 30.4 Å². The first-order valence-electron chi connectivity index (χ1n) is 5.51. The van der Waals surface area contributed by atoms with Crippen LogP contribution < -0.4 is 0 Å². The van der Waals surface area contributed by atoms with Crippen molar-refractivity contribution >= 4 is 23.8 Å². The molecule has 0 N–H and O–H groups in total. The van der Waals surface area contributed by atoms with Crippen molar-refractivity contribution in [3.8, 4) is 0 Å². The summed E-state index contributed by atoms with van der Waals surface area (Å²) in [6.45, 7) is 0. The van der Waals surface area contributed by atoms with Gasteiger partial charge in [-0.1, -0.05) is 52.9 Å². The zero-order chi connectivity index (χ0) is 10.2. The molecule has 1 aromatic carbocycles. The minimum atomic E-state index is 1.11. The van der Waals surface area contributed by atoms with Crippen molar-refractivity contribution in [2.45, 2.75) is 32.0 Å². The minimum Gasteiger partial charge on any atom is -0.0928 e. The Kier molecular flexibility index (Phi) is 6.01. The molecular formula is C12H18BBr. The summed E-state index contributed by atoms with van der Waals surface area (Å²) in [4.78, 5) is 0. The molecule has 76 valence electrons. The van der Waals surface area contributed by atoms with Crippen molar-refractivity contribution in [2.75, 3.05) is 5.33 Å². The molecule has 14 heavy (non-hydrogen) atoms. The van der Waals surface area contributed by atoms with Crippen LogP contribution in [0.4, 0.5) is 0 Å². The number of rotatable bonds is 6. The molecule has 0 radical (unpaired) electrons. The average Bonchev–Trinajstić information content (AvgIpc) is 2.24. The molecule has 0 unspecified atom stereocenters. The molecule has 1 aromatic rings. The van der Waals surface area contributed by atoms with Crippen molar-refractivity contribution < 1.29 is 0 Å². The standard InChI is InChI=1S/C12H18BBr/c13-9-3-7-11-5-1-2-6-12(11)8-4-10-14/h1-2,5-6H,3-4,7-10,13H2. The van der Waals surface area contributed by atoms with E-state index < -0.39 is 0 Å². The van der Waals surface area contributed by atoms with Gasteiger partial charge in [0.2, 0.25) is 0 Å². The summed E-state index contributed by atoms with van der Waals surface area (Å²) in [6.07, 6.45) is 6.29. The fourth-order valence-corrected chi connectivity index (χ4v) is 1.95. The van der Waals surface area contributed by atoms with E-state index in [9.17, 15) is 0 Å². The first-order chi connectivity index (χ1) is 6.88. The Bertz CT molecular complexity index is 233. The van der Waals surface area contributed by atoms with Gasteiger partial charge in [-0.3, -0.25) is 0 Å². The molecule has 0 saturated carbocycles. The van der Waals surface area contributed by atoms with Crippen molar-refractivity contribution in [2.24, 2.45) is 0 Å². The van der Waals surface area contributed by atoms with Crippen LogP contribution in [0.15, 0.2) is 24.3 Å².